The van der Waals surface area contributed by atoms with Crippen molar-refractivity contribution in [2.45, 2.75) is 0 Å². The van der Waals surface area contributed by atoms with E-state index in [4.69, 9.17) is 5.26 Å². The summed E-state index contributed by atoms with van der Waals surface area (Å²) in [6, 6.07) is 5.24. The summed E-state index contributed by atoms with van der Waals surface area (Å²) in [7, 11) is -1.42. The van der Waals surface area contributed by atoms with E-state index in [-0.39, 0.29) is 22.5 Å². The average Bonchev–Trinajstić information content (AvgIpc) is 2.76. The zero-order chi connectivity index (χ0) is 15.1. The van der Waals surface area contributed by atoms with E-state index in [2.05, 4.69) is 4.98 Å². The van der Waals surface area contributed by atoms with Crippen LogP contribution in [0, 0.1) is 21.4 Å². The van der Waals surface area contributed by atoms with Crippen molar-refractivity contribution in [3.63, 3.8) is 0 Å². The van der Waals surface area contributed by atoms with E-state index in [1.54, 1.807) is 6.07 Å². The molecule has 1 heterocycles. The van der Waals surface area contributed by atoms with Gasteiger partial charge in [0.05, 0.1) is 16.0 Å². The third-order valence-corrected chi connectivity index (χ3v) is 4.35. The quantitative estimate of drug-likeness (QED) is 0.599. The SMILES string of the molecule is CN(C)S(=O)(=O)n1c(C#N)nc2ccc([N+](=O)[O-])cc21. The molecule has 0 bridgehead atoms. The second-order valence-corrected chi connectivity index (χ2v) is 6.02. The summed E-state index contributed by atoms with van der Waals surface area (Å²) in [6.45, 7) is 0. The predicted octanol–water partition coefficient (Wildman–Crippen LogP) is 0.471. The van der Waals surface area contributed by atoms with Gasteiger partial charge >= 0.3 is 10.2 Å². The number of nitro benzene ring substituents is 1. The number of fused-ring (bicyclic) bond motifs is 1. The second kappa shape index (κ2) is 4.55. The first-order chi connectivity index (χ1) is 9.28. The molecular formula is C10H9N5O4S. The minimum atomic E-state index is -4.00. The highest BCUT2D eigenvalue weighted by Gasteiger charge is 2.25. The number of hydrogen-bond donors (Lipinski definition) is 0. The number of nitrogens with zero attached hydrogens (tertiary/aromatic N) is 5. The van der Waals surface area contributed by atoms with Crippen LogP contribution in [0.2, 0.25) is 0 Å². The zero-order valence-electron chi connectivity index (χ0n) is 10.5. The van der Waals surface area contributed by atoms with E-state index in [0.717, 1.165) is 10.4 Å². The first-order valence-electron chi connectivity index (χ1n) is 5.29. The van der Waals surface area contributed by atoms with Crippen molar-refractivity contribution in [1.29, 1.82) is 5.26 Å². The number of nitro groups is 1. The van der Waals surface area contributed by atoms with Crippen molar-refractivity contribution >= 4 is 26.9 Å². The number of benzene rings is 1. The molecule has 0 aliphatic heterocycles. The van der Waals surface area contributed by atoms with Crippen molar-refractivity contribution in [2.75, 3.05) is 14.1 Å². The number of aromatic nitrogens is 2. The van der Waals surface area contributed by atoms with Gasteiger partial charge < -0.3 is 0 Å². The maximum atomic E-state index is 12.2. The lowest BCUT2D eigenvalue weighted by molar-refractivity contribution is -0.384. The molecule has 104 valence electrons. The molecule has 0 unspecified atom stereocenters. The van der Waals surface area contributed by atoms with Gasteiger partial charge in [0.15, 0.2) is 0 Å². The molecule has 20 heavy (non-hydrogen) atoms. The Kier molecular flexibility index (Phi) is 3.16. The summed E-state index contributed by atoms with van der Waals surface area (Å²) < 4.78 is 26.0. The van der Waals surface area contributed by atoms with Crippen LogP contribution in [0.1, 0.15) is 5.82 Å². The summed E-state index contributed by atoms with van der Waals surface area (Å²) in [5.41, 5.74) is -0.0980. The lowest BCUT2D eigenvalue weighted by Gasteiger charge is -2.13. The van der Waals surface area contributed by atoms with Crippen LogP contribution in [0.3, 0.4) is 0 Å². The highest BCUT2D eigenvalue weighted by molar-refractivity contribution is 7.87. The van der Waals surface area contributed by atoms with Gasteiger partial charge in [0.25, 0.3) is 5.69 Å². The maximum absolute atomic E-state index is 12.2. The first-order valence-corrected chi connectivity index (χ1v) is 6.68. The number of nitriles is 1. The second-order valence-electron chi connectivity index (χ2n) is 4.03. The standard InChI is InChI=1S/C10H9N5O4S/c1-13(2)20(18,19)14-9-5-7(15(16)17)3-4-8(9)12-10(14)6-11/h3-5H,1-2H3. The van der Waals surface area contributed by atoms with E-state index in [0.29, 0.717) is 3.97 Å². The molecule has 0 atom stereocenters. The van der Waals surface area contributed by atoms with Crippen LogP contribution in [-0.2, 0) is 10.2 Å². The molecule has 2 rings (SSSR count). The molecule has 10 heteroatoms. The molecule has 0 aliphatic rings. The first kappa shape index (κ1) is 13.9. The van der Waals surface area contributed by atoms with Crippen molar-refractivity contribution in [1.82, 2.24) is 13.3 Å². The minimum absolute atomic E-state index is 0.00977. The summed E-state index contributed by atoms with van der Waals surface area (Å²) in [5, 5.41) is 19.8. The number of non-ortho nitro benzene ring substituents is 1. The Morgan fingerprint density at radius 3 is 2.60 bits per heavy atom. The van der Waals surface area contributed by atoms with Gasteiger partial charge in [0.2, 0.25) is 5.82 Å². The zero-order valence-corrected chi connectivity index (χ0v) is 11.3. The number of imidazole rings is 1. The largest absolute Gasteiger partial charge is 0.309 e. The molecule has 9 nitrogen and oxygen atoms in total. The Balaban J connectivity index is 2.91. The van der Waals surface area contributed by atoms with Gasteiger partial charge in [-0.2, -0.15) is 22.0 Å². The lowest BCUT2D eigenvalue weighted by atomic mass is 10.3. The fourth-order valence-electron chi connectivity index (χ4n) is 1.62. The summed E-state index contributed by atoms with van der Waals surface area (Å²) >= 11 is 0. The Labute approximate surface area is 114 Å². The summed E-state index contributed by atoms with van der Waals surface area (Å²) in [5.74, 6) is -0.353. The van der Waals surface area contributed by atoms with E-state index in [9.17, 15) is 18.5 Å². The fraction of sp³-hybridized carbons (Fsp3) is 0.200. The van der Waals surface area contributed by atoms with E-state index in [1.807, 2.05) is 0 Å². The molecule has 1 aromatic heterocycles. The summed E-state index contributed by atoms with van der Waals surface area (Å²) in [6.07, 6.45) is 0. The lowest BCUT2D eigenvalue weighted by Crippen LogP contribution is -2.29. The molecule has 0 N–H and O–H groups in total. The predicted molar refractivity (Wildman–Crippen MR) is 69.1 cm³/mol. The van der Waals surface area contributed by atoms with Gasteiger partial charge in [-0.1, -0.05) is 0 Å². The normalized spacial score (nSPS) is 11.7. The van der Waals surface area contributed by atoms with Crippen molar-refractivity contribution in [2.24, 2.45) is 0 Å². The van der Waals surface area contributed by atoms with Gasteiger partial charge in [0.1, 0.15) is 6.07 Å². The van der Waals surface area contributed by atoms with Crippen LogP contribution < -0.4 is 0 Å². The molecule has 1 aromatic carbocycles. The highest BCUT2D eigenvalue weighted by atomic mass is 32.2. The monoisotopic (exact) mass is 295 g/mol. The minimum Gasteiger partial charge on any atom is -0.258 e. The van der Waals surface area contributed by atoms with Gasteiger partial charge in [-0.25, -0.2) is 4.98 Å². The van der Waals surface area contributed by atoms with Crippen LogP contribution in [0.15, 0.2) is 18.2 Å². The molecule has 0 saturated carbocycles. The van der Waals surface area contributed by atoms with Gasteiger partial charge in [0, 0.05) is 26.2 Å². The molecule has 0 radical (unpaired) electrons. The molecule has 0 aliphatic carbocycles. The van der Waals surface area contributed by atoms with Crippen molar-refractivity contribution in [3.05, 3.63) is 34.1 Å². The molecule has 0 fully saturated rings. The third kappa shape index (κ3) is 1.98. The van der Waals surface area contributed by atoms with E-state index < -0.39 is 15.1 Å². The Bertz CT molecular complexity index is 846. The highest BCUT2D eigenvalue weighted by Crippen LogP contribution is 2.24. The van der Waals surface area contributed by atoms with Gasteiger partial charge in [-0.15, -0.1) is 0 Å². The molecule has 2 aromatic rings. The van der Waals surface area contributed by atoms with E-state index in [1.165, 1.54) is 26.2 Å². The molecule has 0 spiro atoms. The average molecular weight is 295 g/mol. The van der Waals surface area contributed by atoms with Crippen LogP contribution >= 0.6 is 0 Å². The molecule has 0 amide bonds. The topological polar surface area (TPSA) is 122 Å². The Morgan fingerprint density at radius 1 is 1.45 bits per heavy atom. The van der Waals surface area contributed by atoms with Crippen molar-refractivity contribution < 1.29 is 13.3 Å². The Hall–Kier alpha value is -2.51. The molecule has 0 saturated heterocycles. The van der Waals surface area contributed by atoms with Crippen LogP contribution in [0.4, 0.5) is 5.69 Å². The number of rotatable bonds is 3. The van der Waals surface area contributed by atoms with Crippen LogP contribution in [0.5, 0.6) is 0 Å². The van der Waals surface area contributed by atoms with E-state index >= 15 is 0 Å². The fourth-order valence-corrected chi connectivity index (χ4v) is 2.65. The third-order valence-electron chi connectivity index (χ3n) is 2.60. The number of hydrogen-bond acceptors (Lipinski definition) is 6. The Morgan fingerprint density at radius 2 is 2.10 bits per heavy atom. The van der Waals surface area contributed by atoms with Gasteiger partial charge in [-0.05, 0) is 6.07 Å². The smallest absolute Gasteiger partial charge is 0.258 e. The van der Waals surface area contributed by atoms with Crippen LogP contribution in [-0.4, -0.2) is 40.7 Å². The summed E-state index contributed by atoms with van der Waals surface area (Å²) in [4.78, 5) is 14.0. The maximum Gasteiger partial charge on any atom is 0.309 e. The van der Waals surface area contributed by atoms with Crippen molar-refractivity contribution in [3.8, 4) is 6.07 Å². The van der Waals surface area contributed by atoms with Crippen LogP contribution in [0.25, 0.3) is 11.0 Å². The van der Waals surface area contributed by atoms with Gasteiger partial charge in [-0.3, -0.25) is 10.1 Å². The molecular weight excluding hydrogens is 286 g/mol.